The first-order chi connectivity index (χ1) is 20.4. The first-order valence-electron chi connectivity index (χ1n) is 13.2. The number of hydrogen-bond acceptors (Lipinski definition) is 18. The average Bonchev–Trinajstić information content (AvgIpc) is 3.00. The van der Waals surface area contributed by atoms with Gasteiger partial charge in [-0.05, 0) is 12.1 Å². The molecule has 15 atom stereocenters. The number of non-ortho nitro benzene ring substituents is 1. The van der Waals surface area contributed by atoms with Crippen LogP contribution in [0.15, 0.2) is 24.3 Å². The van der Waals surface area contributed by atoms with E-state index in [-0.39, 0.29) is 11.4 Å². The van der Waals surface area contributed by atoms with E-state index in [4.69, 9.17) is 28.4 Å². The lowest BCUT2D eigenvalue weighted by Crippen LogP contribution is -2.66. The Morgan fingerprint density at radius 1 is 0.605 bits per heavy atom. The molecule has 0 unspecified atom stereocenters. The number of rotatable bonds is 10. The van der Waals surface area contributed by atoms with Crippen molar-refractivity contribution in [1.29, 1.82) is 0 Å². The lowest BCUT2D eigenvalue weighted by atomic mass is 9.96. The van der Waals surface area contributed by atoms with E-state index in [1.807, 2.05) is 0 Å². The van der Waals surface area contributed by atoms with E-state index < -0.39 is 117 Å². The van der Waals surface area contributed by atoms with E-state index >= 15 is 0 Å². The van der Waals surface area contributed by atoms with Gasteiger partial charge in [-0.25, -0.2) is 0 Å². The highest BCUT2D eigenvalue weighted by Crippen LogP contribution is 2.33. The van der Waals surface area contributed by atoms with Crippen molar-refractivity contribution in [3.63, 3.8) is 0 Å². The highest BCUT2D eigenvalue weighted by molar-refractivity contribution is 5.36. The predicted octanol–water partition coefficient (Wildman–Crippen LogP) is -5.58. The molecule has 3 aliphatic rings. The van der Waals surface area contributed by atoms with Gasteiger partial charge < -0.3 is 79.5 Å². The van der Waals surface area contributed by atoms with Gasteiger partial charge in [-0.1, -0.05) is 0 Å². The first kappa shape index (κ1) is 33.7. The first-order valence-corrected chi connectivity index (χ1v) is 13.2. The lowest BCUT2D eigenvalue weighted by Gasteiger charge is -2.48. The van der Waals surface area contributed by atoms with Crippen LogP contribution in [-0.2, 0) is 23.7 Å². The summed E-state index contributed by atoms with van der Waals surface area (Å²) < 4.78 is 32.8. The minimum atomic E-state index is -1.96. The summed E-state index contributed by atoms with van der Waals surface area (Å²) >= 11 is 0. The second kappa shape index (κ2) is 14.3. The van der Waals surface area contributed by atoms with E-state index in [0.29, 0.717) is 0 Å². The molecule has 3 fully saturated rings. The van der Waals surface area contributed by atoms with Gasteiger partial charge in [0.25, 0.3) is 5.69 Å². The van der Waals surface area contributed by atoms with Gasteiger partial charge in [0.1, 0.15) is 79.0 Å². The van der Waals surface area contributed by atoms with E-state index in [1.165, 1.54) is 12.1 Å². The van der Waals surface area contributed by atoms with E-state index in [9.17, 15) is 61.2 Å². The Bertz CT molecular complexity index is 1040. The maximum absolute atomic E-state index is 10.8. The summed E-state index contributed by atoms with van der Waals surface area (Å²) in [5.74, 6) is 0.0308. The zero-order valence-corrected chi connectivity index (χ0v) is 22.3. The summed E-state index contributed by atoms with van der Waals surface area (Å²) in [5, 5.41) is 113. The van der Waals surface area contributed by atoms with Gasteiger partial charge >= 0.3 is 0 Å². The van der Waals surface area contributed by atoms with Crippen LogP contribution in [-0.4, -0.2) is 168 Å². The van der Waals surface area contributed by atoms with E-state index in [0.717, 1.165) is 12.1 Å². The van der Waals surface area contributed by atoms with Crippen molar-refractivity contribution in [2.45, 2.75) is 92.1 Å². The molecule has 0 saturated carbocycles. The monoisotopic (exact) mass is 625 g/mol. The van der Waals surface area contributed by atoms with Crippen LogP contribution in [0.4, 0.5) is 5.69 Å². The number of hydrogen-bond donors (Lipinski definition) is 10. The van der Waals surface area contributed by atoms with Gasteiger partial charge in [-0.15, -0.1) is 0 Å². The van der Waals surface area contributed by atoms with Gasteiger partial charge in [0.15, 0.2) is 12.6 Å². The molecular formula is C24H35NO18. The van der Waals surface area contributed by atoms with Crippen LogP contribution < -0.4 is 4.74 Å². The molecule has 0 aromatic heterocycles. The van der Waals surface area contributed by atoms with Crippen LogP contribution in [0.5, 0.6) is 5.75 Å². The Hall–Kier alpha value is -2.18. The fourth-order valence-electron chi connectivity index (χ4n) is 4.92. The fourth-order valence-corrected chi connectivity index (χ4v) is 4.92. The average molecular weight is 626 g/mol. The molecule has 3 heterocycles. The quantitative estimate of drug-likeness (QED) is 0.0856. The zero-order valence-electron chi connectivity index (χ0n) is 22.3. The van der Waals surface area contributed by atoms with E-state index in [2.05, 4.69) is 0 Å². The van der Waals surface area contributed by atoms with Crippen molar-refractivity contribution in [3.05, 3.63) is 34.4 Å². The number of benzene rings is 1. The summed E-state index contributed by atoms with van der Waals surface area (Å²) in [6.45, 7) is -2.42. The molecule has 1 aromatic rings. The Morgan fingerprint density at radius 3 is 1.49 bits per heavy atom. The molecule has 1 aromatic carbocycles. The minimum absolute atomic E-state index is 0.0308. The molecule has 0 aliphatic carbocycles. The molecule has 244 valence electrons. The molecule has 19 heteroatoms. The Labute approximate surface area is 242 Å². The largest absolute Gasteiger partial charge is 0.462 e. The van der Waals surface area contributed by atoms with Crippen LogP contribution in [0.25, 0.3) is 0 Å². The smallest absolute Gasteiger partial charge is 0.269 e. The third-order valence-corrected chi connectivity index (χ3v) is 7.37. The zero-order chi connectivity index (χ0) is 31.6. The maximum Gasteiger partial charge on any atom is 0.269 e. The normalized spacial score (nSPS) is 43.7. The Kier molecular flexibility index (Phi) is 11.2. The van der Waals surface area contributed by atoms with Crippen molar-refractivity contribution < 1.29 is 84.4 Å². The summed E-state index contributed by atoms with van der Waals surface area (Å²) in [6, 6.07) is 4.72. The van der Waals surface area contributed by atoms with Crippen molar-refractivity contribution >= 4 is 5.69 Å². The second-order valence-electron chi connectivity index (χ2n) is 10.2. The lowest BCUT2D eigenvalue weighted by molar-refractivity contribution is -0.384. The number of aliphatic hydroxyl groups excluding tert-OH is 10. The molecule has 3 saturated heterocycles. The fraction of sp³-hybridized carbons (Fsp3) is 0.750. The van der Waals surface area contributed by atoms with Crippen molar-refractivity contribution in [1.82, 2.24) is 0 Å². The van der Waals surface area contributed by atoms with Gasteiger partial charge in [0.05, 0.1) is 24.7 Å². The van der Waals surface area contributed by atoms with Gasteiger partial charge in [0.2, 0.25) is 6.29 Å². The van der Waals surface area contributed by atoms with Gasteiger partial charge in [0, 0.05) is 12.1 Å². The molecule has 4 rings (SSSR count). The van der Waals surface area contributed by atoms with Crippen LogP contribution >= 0.6 is 0 Å². The summed E-state index contributed by atoms with van der Waals surface area (Å²) in [7, 11) is 0. The summed E-state index contributed by atoms with van der Waals surface area (Å²) in [6.07, 6.45) is -25.4. The number of aliphatic hydroxyl groups is 10. The minimum Gasteiger partial charge on any atom is -0.462 e. The molecule has 0 radical (unpaired) electrons. The molecule has 0 amide bonds. The standard InChI is InChI=1S/C24H35NO18/c26-5-10-13(29)14(30)17(33)23(39-10)42-21-12(7-28)41-24(19(35)16(21)32)43-20-11(6-27)40-22(18(34)15(20)31)38-9-3-1-8(2-4-9)25(36)37/h1-4,10-24,26-35H,5-7H2/t10-,11-,12-,13-,14+,15-,16-,17+,18-,19-,20-,21-,22-,23+,24+/m1/s1. The molecule has 0 spiro atoms. The van der Waals surface area contributed by atoms with Crippen molar-refractivity contribution in [3.8, 4) is 5.75 Å². The molecule has 3 aliphatic heterocycles. The van der Waals surface area contributed by atoms with Gasteiger partial charge in [-0.3, -0.25) is 10.1 Å². The van der Waals surface area contributed by atoms with Gasteiger partial charge in [-0.2, -0.15) is 0 Å². The molecule has 43 heavy (non-hydrogen) atoms. The molecule has 19 nitrogen and oxygen atoms in total. The molecular weight excluding hydrogens is 590 g/mol. The molecule has 10 N–H and O–H groups in total. The topological polar surface area (TPSA) is 301 Å². The van der Waals surface area contributed by atoms with Crippen LogP contribution in [0.1, 0.15) is 0 Å². The van der Waals surface area contributed by atoms with Crippen molar-refractivity contribution in [2.24, 2.45) is 0 Å². The van der Waals surface area contributed by atoms with Crippen LogP contribution in [0.2, 0.25) is 0 Å². The number of nitro benzene ring substituents is 1. The highest BCUT2D eigenvalue weighted by Gasteiger charge is 2.53. The summed E-state index contributed by atoms with van der Waals surface area (Å²) in [5.41, 5.74) is -0.227. The summed E-state index contributed by atoms with van der Waals surface area (Å²) in [4.78, 5) is 10.2. The third-order valence-electron chi connectivity index (χ3n) is 7.37. The second-order valence-corrected chi connectivity index (χ2v) is 10.2. The molecule has 0 bridgehead atoms. The predicted molar refractivity (Wildman–Crippen MR) is 133 cm³/mol. The number of nitrogens with zero attached hydrogens (tertiary/aromatic N) is 1. The maximum atomic E-state index is 10.8. The van der Waals surface area contributed by atoms with Crippen molar-refractivity contribution in [2.75, 3.05) is 19.8 Å². The number of ether oxygens (including phenoxy) is 6. The van der Waals surface area contributed by atoms with Crippen LogP contribution in [0.3, 0.4) is 0 Å². The third kappa shape index (κ3) is 7.06. The van der Waals surface area contributed by atoms with Crippen LogP contribution in [0, 0.1) is 10.1 Å². The SMILES string of the molecule is O=[N+]([O-])c1ccc(O[C@@H]2O[C@H](CO)[C@@H](O[C@@H]3O[C@H](CO)[C@@H](O[C@@H]4O[C@H](CO)[C@@H](O)[C@H](O)[C@@H]4O)[C@H](O)[C@H]3O)[C@H](O)[C@H]2O)cc1. The Balaban J connectivity index is 1.42. The Morgan fingerprint density at radius 2 is 1.02 bits per heavy atom. The van der Waals surface area contributed by atoms with E-state index in [1.54, 1.807) is 0 Å². The number of nitro groups is 1. The highest BCUT2D eigenvalue weighted by atomic mass is 16.8.